The predicted octanol–water partition coefficient (Wildman–Crippen LogP) is 3.82. The van der Waals surface area contributed by atoms with E-state index in [9.17, 15) is 24.9 Å². The molecule has 7 nitrogen and oxygen atoms in total. The van der Waals surface area contributed by atoms with Crippen LogP contribution in [0.3, 0.4) is 0 Å². The number of hydrogen-bond donors (Lipinski definition) is 3. The van der Waals surface area contributed by atoms with Gasteiger partial charge < -0.3 is 24.8 Å². The van der Waals surface area contributed by atoms with Gasteiger partial charge in [-0.2, -0.15) is 0 Å². The van der Waals surface area contributed by atoms with Crippen LogP contribution in [0.2, 0.25) is 0 Å². The van der Waals surface area contributed by atoms with Crippen molar-refractivity contribution in [3.63, 3.8) is 0 Å². The van der Waals surface area contributed by atoms with Crippen molar-refractivity contribution in [3.05, 3.63) is 12.7 Å². The molecule has 0 spiro atoms. The Balaban J connectivity index is 0.00000341. The maximum Gasteiger partial charge on any atom is 0.303 e. The molecule has 2 aliphatic carbocycles. The zero-order valence-electron chi connectivity index (χ0n) is 19.1. The standard InChI is InChI=1S/C23H36O7.3CH4/c1-9-19(5)12-15(26)23(28)20(6)14(25)10-11-18(3,4)21(20,7)16(27)17(29-13(2)24)22(23,8)30-19;;;/h9,14,16-17,25,27-28H,1,10-12H2,2-8H3;3*1H4/t14-,16+,17-,19-,20-,21-,22+,23-;;;/m0.../s1. The van der Waals surface area contributed by atoms with Crippen LogP contribution in [0.5, 0.6) is 0 Å². The molecule has 3 fully saturated rings. The van der Waals surface area contributed by atoms with Crippen LogP contribution < -0.4 is 0 Å². The lowest BCUT2D eigenvalue weighted by Gasteiger charge is -2.75. The zero-order valence-corrected chi connectivity index (χ0v) is 19.1. The summed E-state index contributed by atoms with van der Waals surface area (Å²) in [4.78, 5) is 25.8. The third kappa shape index (κ3) is 3.37. The van der Waals surface area contributed by atoms with E-state index in [1.54, 1.807) is 20.8 Å². The van der Waals surface area contributed by atoms with Gasteiger partial charge in [0.2, 0.25) is 0 Å². The molecule has 0 radical (unpaired) electrons. The van der Waals surface area contributed by atoms with E-state index in [1.165, 1.54) is 19.9 Å². The van der Waals surface area contributed by atoms with E-state index in [0.717, 1.165) is 0 Å². The number of rotatable bonds is 2. The Kier molecular flexibility index (Phi) is 8.40. The monoisotopic (exact) mass is 472 g/mol. The summed E-state index contributed by atoms with van der Waals surface area (Å²) >= 11 is 0. The van der Waals surface area contributed by atoms with Gasteiger partial charge in [0.25, 0.3) is 0 Å². The highest BCUT2D eigenvalue weighted by Crippen LogP contribution is 2.72. The lowest BCUT2D eigenvalue weighted by Crippen LogP contribution is -2.89. The Morgan fingerprint density at radius 3 is 2.06 bits per heavy atom. The minimum atomic E-state index is -2.21. The molecule has 0 amide bonds. The molecule has 8 atom stereocenters. The Morgan fingerprint density at radius 1 is 1.09 bits per heavy atom. The summed E-state index contributed by atoms with van der Waals surface area (Å²) in [5.41, 5.74) is -8.38. The van der Waals surface area contributed by atoms with Crippen molar-refractivity contribution in [1.82, 2.24) is 0 Å². The molecule has 194 valence electrons. The van der Waals surface area contributed by atoms with Gasteiger partial charge in [0.1, 0.15) is 11.7 Å². The van der Waals surface area contributed by atoms with Gasteiger partial charge in [0.15, 0.2) is 17.5 Å². The molecule has 0 aromatic heterocycles. The van der Waals surface area contributed by atoms with E-state index in [-0.39, 0.29) is 28.7 Å². The van der Waals surface area contributed by atoms with Crippen LogP contribution in [0.4, 0.5) is 0 Å². The Bertz CT molecular complexity index is 794. The highest BCUT2D eigenvalue weighted by Gasteiger charge is 2.84. The maximum absolute atomic E-state index is 13.7. The van der Waals surface area contributed by atoms with Crippen LogP contribution in [-0.4, -0.2) is 62.2 Å². The van der Waals surface area contributed by atoms with Gasteiger partial charge in [0.05, 0.1) is 11.7 Å². The normalized spacial score (nSPS) is 47.9. The summed E-state index contributed by atoms with van der Waals surface area (Å²) in [5.74, 6) is -1.18. The number of esters is 1. The molecule has 0 aromatic rings. The fourth-order valence-electron chi connectivity index (χ4n) is 6.88. The molecule has 3 N–H and O–H groups in total. The predicted molar refractivity (Wildman–Crippen MR) is 130 cm³/mol. The van der Waals surface area contributed by atoms with Crippen LogP contribution in [0, 0.1) is 16.2 Å². The first-order chi connectivity index (χ1) is 13.5. The first-order valence-corrected chi connectivity index (χ1v) is 10.6. The lowest BCUT2D eigenvalue weighted by atomic mass is 9.33. The first kappa shape index (κ1) is 31.7. The molecule has 0 bridgehead atoms. The van der Waals surface area contributed by atoms with E-state index in [0.29, 0.717) is 12.8 Å². The molecule has 0 aromatic carbocycles. The van der Waals surface area contributed by atoms with E-state index in [1.807, 2.05) is 13.8 Å². The Morgan fingerprint density at radius 2 is 1.61 bits per heavy atom. The molecule has 1 saturated heterocycles. The van der Waals surface area contributed by atoms with Crippen molar-refractivity contribution in [2.45, 2.75) is 125 Å². The average Bonchev–Trinajstić information content (AvgIpc) is 2.64. The number of Topliss-reactive ketones (excluding diaryl/α,β-unsaturated/α-hetero) is 1. The summed E-state index contributed by atoms with van der Waals surface area (Å²) in [6.07, 6.45) is -1.46. The van der Waals surface area contributed by atoms with Crippen LogP contribution in [0.1, 0.15) is 90.0 Å². The molecule has 0 unspecified atom stereocenters. The quantitative estimate of drug-likeness (QED) is 0.413. The molecular weight excluding hydrogens is 424 g/mol. The maximum atomic E-state index is 13.7. The third-order valence-corrected chi connectivity index (χ3v) is 9.17. The van der Waals surface area contributed by atoms with Gasteiger partial charge >= 0.3 is 5.97 Å². The first-order valence-electron chi connectivity index (χ1n) is 10.6. The van der Waals surface area contributed by atoms with E-state index in [4.69, 9.17) is 9.47 Å². The van der Waals surface area contributed by atoms with Crippen LogP contribution >= 0.6 is 0 Å². The fourth-order valence-corrected chi connectivity index (χ4v) is 6.88. The highest BCUT2D eigenvalue weighted by atomic mass is 16.6. The number of ether oxygens (including phenoxy) is 2. The van der Waals surface area contributed by atoms with E-state index >= 15 is 0 Å². The van der Waals surface area contributed by atoms with Gasteiger partial charge in [-0.25, -0.2) is 0 Å². The number of aliphatic hydroxyl groups is 3. The minimum Gasteiger partial charge on any atom is -0.457 e. The number of aliphatic hydroxyl groups excluding tert-OH is 2. The average molecular weight is 473 g/mol. The number of ketones is 1. The van der Waals surface area contributed by atoms with Gasteiger partial charge in [-0.05, 0) is 32.1 Å². The van der Waals surface area contributed by atoms with Crippen molar-refractivity contribution in [2.75, 3.05) is 0 Å². The SMILES string of the molecule is C.C.C.C=C[C@@]1(C)CC(=O)[C@]2(O)[C@@]3(C)[C@@H](O)CCC(C)(C)[C@]3(C)[C@H](O)[C@H](OC(C)=O)[C@@]2(C)O1. The molecule has 1 heterocycles. The fraction of sp³-hybridized carbons (Fsp3) is 0.846. The van der Waals surface area contributed by atoms with Crippen molar-refractivity contribution < 1.29 is 34.4 Å². The molecule has 7 heteroatoms. The highest BCUT2D eigenvalue weighted by molar-refractivity contribution is 5.92. The Hall–Kier alpha value is -1.28. The van der Waals surface area contributed by atoms with Crippen LogP contribution in [-0.2, 0) is 19.1 Å². The number of hydrogen-bond acceptors (Lipinski definition) is 7. The van der Waals surface area contributed by atoms with E-state index in [2.05, 4.69) is 6.58 Å². The summed E-state index contributed by atoms with van der Waals surface area (Å²) in [6.45, 7) is 15.4. The second kappa shape index (κ2) is 8.74. The molecule has 1 aliphatic heterocycles. The zero-order chi connectivity index (χ0) is 23.1. The smallest absolute Gasteiger partial charge is 0.303 e. The minimum absolute atomic E-state index is 0. The van der Waals surface area contributed by atoms with Crippen molar-refractivity contribution in [2.24, 2.45) is 16.2 Å². The number of carbonyl (C=O) groups is 2. The Labute approximate surface area is 200 Å². The van der Waals surface area contributed by atoms with Gasteiger partial charge in [0, 0.05) is 24.2 Å². The summed E-state index contributed by atoms with van der Waals surface area (Å²) < 4.78 is 11.9. The van der Waals surface area contributed by atoms with Crippen LogP contribution in [0.15, 0.2) is 12.7 Å². The molecule has 3 aliphatic rings. The van der Waals surface area contributed by atoms with Gasteiger partial charge in [-0.3, -0.25) is 9.59 Å². The largest absolute Gasteiger partial charge is 0.457 e. The van der Waals surface area contributed by atoms with Gasteiger partial charge in [-0.1, -0.05) is 56.1 Å². The molecule has 3 rings (SSSR count). The number of fused-ring (bicyclic) bond motifs is 3. The number of carbonyl (C=O) groups excluding carboxylic acids is 2. The molecule has 33 heavy (non-hydrogen) atoms. The molecular formula is C26H48O7. The van der Waals surface area contributed by atoms with E-state index < -0.39 is 63.1 Å². The third-order valence-electron chi connectivity index (χ3n) is 9.17. The summed E-state index contributed by atoms with van der Waals surface area (Å²) in [6, 6.07) is 0. The summed E-state index contributed by atoms with van der Waals surface area (Å²) in [7, 11) is 0. The second-order valence-electron chi connectivity index (χ2n) is 10.9. The molecule has 2 saturated carbocycles. The van der Waals surface area contributed by atoms with Crippen molar-refractivity contribution >= 4 is 11.8 Å². The van der Waals surface area contributed by atoms with Crippen molar-refractivity contribution in [1.29, 1.82) is 0 Å². The summed E-state index contributed by atoms with van der Waals surface area (Å²) in [5, 5.41) is 35.3. The van der Waals surface area contributed by atoms with Crippen LogP contribution in [0.25, 0.3) is 0 Å². The lowest BCUT2D eigenvalue weighted by molar-refractivity contribution is -0.395. The second-order valence-corrected chi connectivity index (χ2v) is 10.9. The topological polar surface area (TPSA) is 113 Å². The van der Waals surface area contributed by atoms with Gasteiger partial charge in [-0.15, -0.1) is 6.58 Å². The van der Waals surface area contributed by atoms with Crippen molar-refractivity contribution in [3.8, 4) is 0 Å².